The van der Waals surface area contributed by atoms with Crippen LogP contribution in [0.3, 0.4) is 0 Å². The Labute approximate surface area is 229 Å². The van der Waals surface area contributed by atoms with Crippen molar-refractivity contribution in [2.24, 2.45) is 0 Å². The topological polar surface area (TPSA) is 126 Å². The van der Waals surface area contributed by atoms with Gasteiger partial charge < -0.3 is 25.4 Å². The van der Waals surface area contributed by atoms with Crippen molar-refractivity contribution in [3.8, 4) is 11.5 Å². The van der Waals surface area contributed by atoms with Crippen LogP contribution in [0, 0.1) is 5.82 Å². The molecule has 1 fully saturated rings. The molecule has 40 heavy (non-hydrogen) atoms. The zero-order valence-corrected chi connectivity index (χ0v) is 21.8. The van der Waals surface area contributed by atoms with E-state index in [-0.39, 0.29) is 23.8 Å². The first-order chi connectivity index (χ1) is 19.3. The number of nitrogens with one attached hydrogen (secondary N) is 3. The molecule has 0 atom stereocenters. The van der Waals surface area contributed by atoms with E-state index in [1.165, 1.54) is 37.5 Å². The average molecular weight is 547 g/mol. The van der Waals surface area contributed by atoms with E-state index in [9.17, 15) is 23.6 Å². The molecule has 1 aliphatic rings. The minimum absolute atomic E-state index is 0.0128. The molecule has 0 spiro atoms. The number of benzene rings is 3. The molecule has 11 heteroatoms. The molecule has 0 radical (unpaired) electrons. The molecule has 1 saturated heterocycles. The monoisotopic (exact) mass is 546 g/mol. The van der Waals surface area contributed by atoms with Crippen LogP contribution in [0.25, 0.3) is 6.08 Å². The Morgan fingerprint density at radius 3 is 2.45 bits per heavy atom. The molecule has 3 N–H and O–H groups in total. The Bertz CT molecular complexity index is 1470. The first kappa shape index (κ1) is 27.8. The highest BCUT2D eigenvalue weighted by atomic mass is 19.1. The van der Waals surface area contributed by atoms with Crippen molar-refractivity contribution in [2.45, 2.75) is 13.3 Å². The average Bonchev–Trinajstić information content (AvgIpc) is 3.20. The molecule has 5 amide bonds. The van der Waals surface area contributed by atoms with Gasteiger partial charge >= 0.3 is 6.03 Å². The molecular weight excluding hydrogens is 519 g/mol. The van der Waals surface area contributed by atoms with Gasteiger partial charge in [0.1, 0.15) is 18.1 Å². The first-order valence-electron chi connectivity index (χ1n) is 12.4. The summed E-state index contributed by atoms with van der Waals surface area (Å²) in [5, 5.41) is 7.82. The molecule has 0 saturated carbocycles. The number of nitrogens with zero attached hydrogens (tertiary/aromatic N) is 1. The van der Waals surface area contributed by atoms with Gasteiger partial charge in [0, 0.05) is 11.4 Å². The number of ether oxygens (including phenoxy) is 2. The Hall–Kier alpha value is -5.19. The van der Waals surface area contributed by atoms with Gasteiger partial charge in [-0.15, -0.1) is 0 Å². The van der Waals surface area contributed by atoms with Gasteiger partial charge in [0.2, 0.25) is 5.91 Å². The second kappa shape index (κ2) is 12.6. The van der Waals surface area contributed by atoms with Crippen molar-refractivity contribution in [1.82, 2.24) is 10.2 Å². The van der Waals surface area contributed by atoms with Crippen LogP contribution in [0.1, 0.15) is 18.1 Å². The quantitative estimate of drug-likeness (QED) is 0.261. The predicted octanol–water partition coefficient (Wildman–Crippen LogP) is 3.95. The molecule has 10 nitrogen and oxygen atoms in total. The molecule has 206 valence electrons. The van der Waals surface area contributed by atoms with Crippen LogP contribution in [0.4, 0.5) is 20.6 Å². The van der Waals surface area contributed by atoms with Crippen LogP contribution in [-0.4, -0.2) is 48.9 Å². The largest absolute Gasteiger partial charge is 0.493 e. The van der Waals surface area contributed by atoms with Gasteiger partial charge in [-0.25, -0.2) is 14.1 Å². The number of methoxy groups -OCH3 is 1. The van der Waals surface area contributed by atoms with E-state index >= 15 is 0 Å². The van der Waals surface area contributed by atoms with E-state index in [4.69, 9.17) is 9.47 Å². The highest BCUT2D eigenvalue weighted by Crippen LogP contribution is 2.29. The summed E-state index contributed by atoms with van der Waals surface area (Å²) >= 11 is 0. The van der Waals surface area contributed by atoms with E-state index < -0.39 is 36.1 Å². The fraction of sp³-hybridized carbons (Fsp3) is 0.172. The maximum absolute atomic E-state index is 13.0. The lowest BCUT2D eigenvalue weighted by Crippen LogP contribution is -2.38. The third-order valence-corrected chi connectivity index (χ3v) is 5.92. The number of anilines is 2. The number of rotatable bonds is 10. The van der Waals surface area contributed by atoms with Crippen LogP contribution in [0.5, 0.6) is 11.5 Å². The zero-order chi connectivity index (χ0) is 28.6. The van der Waals surface area contributed by atoms with E-state index in [0.29, 0.717) is 23.4 Å². The lowest BCUT2D eigenvalue weighted by Gasteiger charge is -2.13. The summed E-state index contributed by atoms with van der Waals surface area (Å²) in [7, 11) is 1.41. The number of carbonyl (C=O) groups excluding carboxylic acids is 4. The molecule has 1 aliphatic heterocycles. The van der Waals surface area contributed by atoms with Crippen LogP contribution >= 0.6 is 0 Å². The minimum Gasteiger partial charge on any atom is -0.493 e. The van der Waals surface area contributed by atoms with Crippen molar-refractivity contribution >= 4 is 41.2 Å². The maximum atomic E-state index is 13.0. The highest BCUT2D eigenvalue weighted by Gasteiger charge is 2.35. The maximum Gasteiger partial charge on any atom is 0.329 e. The number of aryl methyl sites for hydroxylation is 1. The second-order valence-corrected chi connectivity index (χ2v) is 8.69. The Morgan fingerprint density at radius 1 is 0.975 bits per heavy atom. The lowest BCUT2D eigenvalue weighted by atomic mass is 10.1. The smallest absolute Gasteiger partial charge is 0.329 e. The van der Waals surface area contributed by atoms with Gasteiger partial charge in [0.25, 0.3) is 11.8 Å². The van der Waals surface area contributed by atoms with E-state index in [2.05, 4.69) is 16.0 Å². The van der Waals surface area contributed by atoms with Gasteiger partial charge in [0.15, 0.2) is 18.1 Å². The summed E-state index contributed by atoms with van der Waals surface area (Å²) in [5.74, 6) is -1.48. The van der Waals surface area contributed by atoms with Crippen molar-refractivity contribution in [3.63, 3.8) is 0 Å². The SMILES string of the molecule is CCc1ccccc1NC(=O)CN1C(=O)N/C(=C/c2ccc(OCC(=O)Nc3ccc(F)cc3)c(OC)c2)C1=O. The number of hydrogen-bond acceptors (Lipinski definition) is 6. The standard InChI is InChI=1S/C29H27FN4O6/c1-3-19-6-4-5-7-22(19)32-26(35)16-34-28(37)23(33-29(34)38)14-18-8-13-24(25(15-18)39-2)40-17-27(36)31-21-11-9-20(30)10-12-21/h4-15H,3,16-17H2,1-2H3,(H,31,36)(H,32,35)(H,33,38)/b23-14+. The van der Waals surface area contributed by atoms with Gasteiger partial charge in [-0.1, -0.05) is 31.2 Å². The molecule has 0 bridgehead atoms. The van der Waals surface area contributed by atoms with Gasteiger partial charge in [0.05, 0.1) is 7.11 Å². The summed E-state index contributed by atoms with van der Waals surface area (Å²) in [5.41, 5.74) is 2.47. The Morgan fingerprint density at radius 2 is 1.73 bits per heavy atom. The lowest BCUT2D eigenvalue weighted by molar-refractivity contribution is -0.127. The molecule has 0 aliphatic carbocycles. The number of urea groups is 1. The fourth-order valence-electron chi connectivity index (χ4n) is 3.93. The van der Waals surface area contributed by atoms with Crippen molar-refractivity contribution in [2.75, 3.05) is 30.9 Å². The molecule has 4 rings (SSSR count). The molecule has 0 aromatic heterocycles. The summed E-state index contributed by atoms with van der Waals surface area (Å²) in [6.07, 6.45) is 2.15. The van der Waals surface area contributed by atoms with Gasteiger partial charge in [-0.05, 0) is 66.1 Å². The van der Waals surface area contributed by atoms with Crippen LogP contribution < -0.4 is 25.4 Å². The Kier molecular flexibility index (Phi) is 8.75. The Balaban J connectivity index is 1.38. The van der Waals surface area contributed by atoms with Crippen molar-refractivity contribution in [1.29, 1.82) is 0 Å². The second-order valence-electron chi connectivity index (χ2n) is 8.69. The number of carbonyl (C=O) groups is 4. The summed E-state index contributed by atoms with van der Waals surface area (Å²) in [4.78, 5) is 50.9. The fourth-order valence-corrected chi connectivity index (χ4v) is 3.93. The van der Waals surface area contributed by atoms with E-state index in [0.717, 1.165) is 10.5 Å². The highest BCUT2D eigenvalue weighted by molar-refractivity contribution is 6.16. The van der Waals surface area contributed by atoms with E-state index in [1.54, 1.807) is 30.3 Å². The predicted molar refractivity (Wildman–Crippen MR) is 146 cm³/mol. The number of amides is 5. The van der Waals surface area contributed by atoms with Crippen molar-refractivity contribution in [3.05, 3.63) is 89.4 Å². The third kappa shape index (κ3) is 6.81. The molecule has 3 aromatic rings. The summed E-state index contributed by atoms with van der Waals surface area (Å²) < 4.78 is 23.9. The summed E-state index contributed by atoms with van der Waals surface area (Å²) in [6.45, 7) is 1.18. The third-order valence-electron chi connectivity index (χ3n) is 5.92. The first-order valence-corrected chi connectivity index (χ1v) is 12.4. The van der Waals surface area contributed by atoms with Crippen LogP contribution in [-0.2, 0) is 20.8 Å². The van der Waals surface area contributed by atoms with Crippen LogP contribution in [0.2, 0.25) is 0 Å². The number of para-hydroxylation sites is 1. The molecule has 0 unspecified atom stereocenters. The normalized spacial score (nSPS) is 13.7. The number of imide groups is 1. The summed E-state index contributed by atoms with van der Waals surface area (Å²) in [6, 6.07) is 16.6. The van der Waals surface area contributed by atoms with Crippen LogP contribution in [0.15, 0.2) is 72.4 Å². The van der Waals surface area contributed by atoms with Gasteiger partial charge in [-0.3, -0.25) is 14.4 Å². The minimum atomic E-state index is -0.714. The van der Waals surface area contributed by atoms with Gasteiger partial charge in [-0.2, -0.15) is 0 Å². The zero-order valence-electron chi connectivity index (χ0n) is 21.8. The van der Waals surface area contributed by atoms with Crippen molar-refractivity contribution < 1.29 is 33.0 Å². The van der Waals surface area contributed by atoms with E-state index in [1.807, 2.05) is 19.1 Å². The molecular formula is C29H27FN4O6. The molecule has 1 heterocycles. The number of halogens is 1. The molecule has 3 aromatic carbocycles. The number of hydrogen-bond donors (Lipinski definition) is 3.